The Balaban J connectivity index is 1.79. The fourth-order valence-electron chi connectivity index (χ4n) is 3.32. The summed E-state index contributed by atoms with van der Waals surface area (Å²) in [6, 6.07) is -0.0484. The molecule has 122 valence electrons. The molecule has 1 aliphatic heterocycles. The number of alkyl halides is 3. The number of nitrogens with zero attached hydrogens (tertiary/aromatic N) is 1. The lowest BCUT2D eigenvalue weighted by molar-refractivity contribution is -0.183. The van der Waals surface area contributed by atoms with Gasteiger partial charge in [-0.25, -0.2) is 4.79 Å². The van der Waals surface area contributed by atoms with E-state index < -0.39 is 12.1 Å². The van der Waals surface area contributed by atoms with Crippen LogP contribution in [0, 0.1) is 5.92 Å². The van der Waals surface area contributed by atoms with Gasteiger partial charge >= 0.3 is 12.2 Å². The molecule has 1 saturated carbocycles. The van der Waals surface area contributed by atoms with Gasteiger partial charge in [0.05, 0.1) is 5.92 Å². The van der Waals surface area contributed by atoms with Crippen LogP contribution >= 0.6 is 0 Å². The minimum atomic E-state index is -4.08. The van der Waals surface area contributed by atoms with Crippen molar-refractivity contribution in [2.45, 2.75) is 57.3 Å². The quantitative estimate of drug-likeness (QED) is 0.841. The lowest BCUT2D eigenvalue weighted by Crippen LogP contribution is -2.46. The highest BCUT2D eigenvalue weighted by molar-refractivity contribution is 5.74. The molecule has 2 amide bonds. The molecule has 1 aliphatic carbocycles. The predicted octanol–water partition coefficient (Wildman–Crippen LogP) is 2.50. The Labute approximate surface area is 123 Å². The van der Waals surface area contributed by atoms with Gasteiger partial charge in [0.1, 0.15) is 0 Å². The number of likely N-dealkylation sites (tertiary alicyclic amines) is 1. The Morgan fingerprint density at radius 3 is 2.67 bits per heavy atom. The molecule has 0 spiro atoms. The number of urea groups is 1. The summed E-state index contributed by atoms with van der Waals surface area (Å²) in [7, 11) is 0. The van der Waals surface area contributed by atoms with Crippen molar-refractivity contribution < 1.29 is 18.0 Å². The van der Waals surface area contributed by atoms with Crippen LogP contribution in [0.3, 0.4) is 0 Å². The van der Waals surface area contributed by atoms with Crippen LogP contribution in [0.4, 0.5) is 18.0 Å². The van der Waals surface area contributed by atoms with E-state index in [2.05, 4.69) is 10.6 Å². The smallest absolute Gasteiger partial charge is 0.338 e. The Hall–Kier alpha value is -0.980. The molecule has 2 aliphatic rings. The van der Waals surface area contributed by atoms with E-state index in [9.17, 15) is 18.0 Å². The Kier molecular flexibility index (Phi) is 5.35. The molecule has 2 N–H and O–H groups in total. The first-order valence-corrected chi connectivity index (χ1v) is 7.75. The van der Waals surface area contributed by atoms with Crippen molar-refractivity contribution in [2.75, 3.05) is 19.6 Å². The lowest BCUT2D eigenvalue weighted by atomic mass is 9.85. The number of carbonyl (C=O) groups is 1. The van der Waals surface area contributed by atoms with Gasteiger partial charge in [0.15, 0.2) is 0 Å². The molecule has 1 saturated heterocycles. The van der Waals surface area contributed by atoms with Crippen molar-refractivity contribution >= 4 is 6.03 Å². The van der Waals surface area contributed by atoms with E-state index in [1.807, 2.05) is 6.92 Å². The number of hydrogen-bond donors (Lipinski definition) is 2. The first-order valence-electron chi connectivity index (χ1n) is 7.75. The molecule has 1 heterocycles. The maximum Gasteiger partial charge on any atom is 0.391 e. The zero-order valence-corrected chi connectivity index (χ0v) is 12.4. The van der Waals surface area contributed by atoms with Gasteiger partial charge in [-0.15, -0.1) is 0 Å². The minimum Gasteiger partial charge on any atom is -0.338 e. The number of carbonyl (C=O) groups excluding carboxylic acids is 1. The van der Waals surface area contributed by atoms with Gasteiger partial charge in [-0.3, -0.25) is 0 Å². The van der Waals surface area contributed by atoms with Gasteiger partial charge in [0.25, 0.3) is 0 Å². The largest absolute Gasteiger partial charge is 0.391 e. The average molecular weight is 307 g/mol. The van der Waals surface area contributed by atoms with E-state index in [0.717, 1.165) is 12.8 Å². The topological polar surface area (TPSA) is 44.4 Å². The molecule has 2 fully saturated rings. The molecule has 2 rings (SSSR count). The SMILES string of the molecule is CCNC(=O)N1CC[C@H](N[C@@H]2CCC[C@H](C(F)(F)F)C2)C1. The lowest BCUT2D eigenvalue weighted by Gasteiger charge is -2.32. The second kappa shape index (κ2) is 6.85. The van der Waals surface area contributed by atoms with E-state index in [0.29, 0.717) is 26.1 Å². The number of nitrogens with one attached hydrogen (secondary N) is 2. The molecule has 0 aromatic carbocycles. The van der Waals surface area contributed by atoms with Gasteiger partial charge in [0, 0.05) is 31.7 Å². The molecule has 0 radical (unpaired) electrons. The molecule has 3 atom stereocenters. The Morgan fingerprint density at radius 2 is 2.00 bits per heavy atom. The zero-order valence-electron chi connectivity index (χ0n) is 12.4. The zero-order chi connectivity index (χ0) is 15.5. The maximum atomic E-state index is 12.8. The standard InChI is InChI=1S/C14H24F3N3O/c1-2-18-13(21)20-7-6-12(9-20)19-11-5-3-4-10(8-11)14(15,16)17/h10-12,19H,2-9H2,1H3,(H,18,21)/t10-,11+,12-/m0/s1. The molecule has 7 heteroatoms. The van der Waals surface area contributed by atoms with Gasteiger partial charge in [-0.1, -0.05) is 6.42 Å². The van der Waals surface area contributed by atoms with E-state index in [4.69, 9.17) is 0 Å². The van der Waals surface area contributed by atoms with Crippen molar-refractivity contribution in [2.24, 2.45) is 5.92 Å². The Morgan fingerprint density at radius 1 is 1.24 bits per heavy atom. The summed E-state index contributed by atoms with van der Waals surface area (Å²) in [5.74, 6) is -1.18. The van der Waals surface area contributed by atoms with E-state index in [1.165, 1.54) is 0 Å². The van der Waals surface area contributed by atoms with Crippen LogP contribution in [0.1, 0.15) is 39.0 Å². The van der Waals surface area contributed by atoms with E-state index in [-0.39, 0.29) is 31.0 Å². The molecule has 0 unspecified atom stereocenters. The number of halogens is 3. The highest BCUT2D eigenvalue weighted by atomic mass is 19.4. The Bertz CT molecular complexity index is 362. The highest BCUT2D eigenvalue weighted by Gasteiger charge is 2.42. The summed E-state index contributed by atoms with van der Waals surface area (Å²) in [5, 5.41) is 6.07. The first kappa shape index (κ1) is 16.4. The molecule has 21 heavy (non-hydrogen) atoms. The van der Waals surface area contributed by atoms with Crippen molar-refractivity contribution in [1.82, 2.24) is 15.5 Å². The minimum absolute atomic E-state index is 0.0791. The maximum absolute atomic E-state index is 12.8. The van der Waals surface area contributed by atoms with Crippen LogP contribution < -0.4 is 10.6 Å². The van der Waals surface area contributed by atoms with Gasteiger partial charge in [-0.2, -0.15) is 13.2 Å². The molecular weight excluding hydrogens is 283 g/mol. The van der Waals surface area contributed by atoms with E-state index in [1.54, 1.807) is 4.90 Å². The van der Waals surface area contributed by atoms with Gasteiger partial charge in [0.2, 0.25) is 0 Å². The third kappa shape index (κ3) is 4.49. The number of hydrogen-bond acceptors (Lipinski definition) is 2. The van der Waals surface area contributed by atoms with Gasteiger partial charge in [-0.05, 0) is 32.6 Å². The summed E-state index contributed by atoms with van der Waals surface area (Å²) >= 11 is 0. The first-order chi connectivity index (χ1) is 9.90. The third-order valence-corrected chi connectivity index (χ3v) is 4.41. The summed E-state index contributed by atoms with van der Waals surface area (Å²) in [4.78, 5) is 13.4. The van der Waals surface area contributed by atoms with Crippen LogP contribution in [0.15, 0.2) is 0 Å². The number of rotatable bonds is 3. The second-order valence-electron chi connectivity index (χ2n) is 6.04. The van der Waals surface area contributed by atoms with E-state index >= 15 is 0 Å². The summed E-state index contributed by atoms with van der Waals surface area (Å²) < 4.78 is 38.4. The van der Waals surface area contributed by atoms with Crippen LogP contribution in [0.2, 0.25) is 0 Å². The second-order valence-corrected chi connectivity index (χ2v) is 6.04. The van der Waals surface area contributed by atoms with Crippen molar-refractivity contribution in [3.05, 3.63) is 0 Å². The van der Waals surface area contributed by atoms with Gasteiger partial charge < -0.3 is 15.5 Å². The van der Waals surface area contributed by atoms with Crippen molar-refractivity contribution in [3.8, 4) is 0 Å². The molecule has 0 aromatic rings. The molecular formula is C14H24F3N3O. The average Bonchev–Trinajstić information content (AvgIpc) is 2.87. The monoisotopic (exact) mass is 307 g/mol. The van der Waals surface area contributed by atoms with Crippen LogP contribution in [-0.4, -0.2) is 48.8 Å². The van der Waals surface area contributed by atoms with Crippen LogP contribution in [0.5, 0.6) is 0 Å². The highest BCUT2D eigenvalue weighted by Crippen LogP contribution is 2.37. The van der Waals surface area contributed by atoms with Crippen LogP contribution in [-0.2, 0) is 0 Å². The van der Waals surface area contributed by atoms with Crippen LogP contribution in [0.25, 0.3) is 0 Å². The summed E-state index contributed by atoms with van der Waals surface area (Å²) in [6.45, 7) is 3.70. The fraction of sp³-hybridized carbons (Fsp3) is 0.929. The van der Waals surface area contributed by atoms with Crippen molar-refractivity contribution in [3.63, 3.8) is 0 Å². The number of amides is 2. The third-order valence-electron chi connectivity index (χ3n) is 4.41. The normalized spacial score (nSPS) is 30.5. The summed E-state index contributed by atoms with van der Waals surface area (Å²) in [6.07, 6.45) is -1.44. The summed E-state index contributed by atoms with van der Waals surface area (Å²) in [5.41, 5.74) is 0. The molecule has 0 bridgehead atoms. The predicted molar refractivity (Wildman–Crippen MR) is 74.0 cm³/mol. The van der Waals surface area contributed by atoms with Crippen molar-refractivity contribution in [1.29, 1.82) is 0 Å². The fourth-order valence-corrected chi connectivity index (χ4v) is 3.32. The molecule has 4 nitrogen and oxygen atoms in total. The molecule has 0 aromatic heterocycles.